The Balaban J connectivity index is 1.42. The molecule has 5 rings (SSSR count). The highest BCUT2D eigenvalue weighted by Crippen LogP contribution is 2.36. The van der Waals surface area contributed by atoms with Gasteiger partial charge in [-0.1, -0.05) is 0 Å². The smallest absolute Gasteiger partial charge is 0.217 e. The topological polar surface area (TPSA) is 424 Å². The highest BCUT2D eigenvalue weighted by molar-refractivity contribution is 5.73. The van der Waals surface area contributed by atoms with Crippen molar-refractivity contribution in [2.45, 2.75) is 174 Å². The van der Waals surface area contributed by atoms with Gasteiger partial charge in [0.25, 0.3) is 0 Å². The quantitative estimate of drug-likeness (QED) is 0.0770. The number of ether oxygens (including phenoxy) is 9. The van der Waals surface area contributed by atoms with Gasteiger partial charge in [-0.3, -0.25) is 9.59 Å². The molecule has 0 saturated carbocycles. The molecular weight excluding hydrogens is 836 g/mol. The number of hydrogen-bond acceptors (Lipinski definition) is 25. The maximum absolute atomic E-state index is 12.5. The van der Waals surface area contributed by atoms with Gasteiger partial charge in [-0.15, -0.1) is 0 Å². The first-order valence-corrected chi connectivity index (χ1v) is 19.5. The number of nitrogens with one attached hydrogen (secondary N) is 2. The van der Waals surface area contributed by atoms with Crippen molar-refractivity contribution in [3.8, 4) is 0 Å². The second kappa shape index (κ2) is 21.3. The molecule has 27 heteroatoms. The molecule has 5 aliphatic rings. The summed E-state index contributed by atoms with van der Waals surface area (Å²) in [7, 11) is 0. The van der Waals surface area contributed by atoms with E-state index in [9.17, 15) is 81.1 Å². The van der Waals surface area contributed by atoms with Gasteiger partial charge < -0.3 is 125 Å². The van der Waals surface area contributed by atoms with E-state index in [1.54, 1.807) is 0 Å². The van der Waals surface area contributed by atoms with Crippen molar-refractivity contribution in [1.29, 1.82) is 0 Å². The molecule has 0 aliphatic carbocycles. The van der Waals surface area contributed by atoms with Crippen molar-refractivity contribution in [1.82, 2.24) is 10.6 Å². The molecule has 0 spiro atoms. The lowest BCUT2D eigenvalue weighted by Crippen LogP contribution is -2.71. The highest BCUT2D eigenvalue weighted by Gasteiger charge is 2.57. The predicted molar refractivity (Wildman–Crippen MR) is 188 cm³/mol. The largest absolute Gasteiger partial charge is 0.394 e. The number of amides is 2. The summed E-state index contributed by atoms with van der Waals surface area (Å²) in [6.45, 7) is -0.228. The first-order chi connectivity index (χ1) is 28.8. The van der Waals surface area contributed by atoms with Crippen LogP contribution in [0.15, 0.2) is 0 Å². The third-order valence-electron chi connectivity index (χ3n) is 11.1. The van der Waals surface area contributed by atoms with Gasteiger partial charge in [0.05, 0.1) is 32.5 Å². The molecule has 0 aromatic heterocycles. The Labute approximate surface area is 346 Å². The van der Waals surface area contributed by atoms with Crippen LogP contribution in [0.2, 0.25) is 0 Å². The van der Waals surface area contributed by atoms with Crippen LogP contribution in [0.5, 0.6) is 0 Å². The second-order valence-electron chi connectivity index (χ2n) is 15.4. The number of aliphatic hydroxyl groups is 14. The minimum Gasteiger partial charge on any atom is -0.394 e. The standard InChI is InChI=1S/C34H58N2O25/c1-8-17(43)21(47)23(49)32(53-8)60-28-16(36-10(3)42)30(52)54-14(7-40)27(28)59-31-15(35-9(2)41)20(46)26(13(6-39)57-31)58-34-25(51)29(19(45)12(5-38)56-34)61-33-24(50)22(48)18(44)11(4-37)55-33/h8,11-34,37-40,43-52H,4-7H2,1-3H3,(H,35,41)(H,36,42)/t8-,11+,12+,13+,14+,15+,16+,17+,18+,19+,20+,21+,22-,23-,24-,25-,26+,27+,28+,29-,30?,31-,32-,33+,34-/m0/s1. The van der Waals surface area contributed by atoms with Crippen molar-refractivity contribution >= 4 is 11.8 Å². The van der Waals surface area contributed by atoms with Crippen molar-refractivity contribution in [3.63, 3.8) is 0 Å². The van der Waals surface area contributed by atoms with Gasteiger partial charge >= 0.3 is 0 Å². The number of hydrogen-bond donors (Lipinski definition) is 16. The van der Waals surface area contributed by atoms with Gasteiger partial charge in [0.15, 0.2) is 31.5 Å². The third-order valence-corrected chi connectivity index (χ3v) is 11.1. The summed E-state index contributed by atoms with van der Waals surface area (Å²) in [6, 6.07) is -3.28. The van der Waals surface area contributed by atoms with Crippen LogP contribution in [0.1, 0.15) is 20.8 Å². The Kier molecular flexibility index (Phi) is 17.5. The summed E-state index contributed by atoms with van der Waals surface area (Å²) in [5, 5.41) is 153. The van der Waals surface area contributed by atoms with Gasteiger partial charge in [-0.05, 0) is 6.92 Å². The van der Waals surface area contributed by atoms with E-state index in [1.807, 2.05) is 0 Å². The minimum absolute atomic E-state index is 0.735. The molecule has 16 N–H and O–H groups in total. The molecule has 0 aromatic rings. The summed E-state index contributed by atoms with van der Waals surface area (Å²) < 4.78 is 51.6. The van der Waals surface area contributed by atoms with Gasteiger partial charge in [-0.2, -0.15) is 0 Å². The fourth-order valence-electron chi connectivity index (χ4n) is 7.77. The Morgan fingerprint density at radius 2 is 0.852 bits per heavy atom. The van der Waals surface area contributed by atoms with Crippen molar-refractivity contribution < 1.29 is 124 Å². The Morgan fingerprint density at radius 1 is 0.426 bits per heavy atom. The van der Waals surface area contributed by atoms with Gasteiger partial charge in [-0.25, -0.2) is 0 Å². The second-order valence-corrected chi connectivity index (χ2v) is 15.4. The van der Waals surface area contributed by atoms with Gasteiger partial charge in [0, 0.05) is 13.8 Å². The number of rotatable bonds is 14. The van der Waals surface area contributed by atoms with Crippen LogP contribution in [-0.4, -0.2) is 263 Å². The SMILES string of the molecule is CC(=O)N[C@H]1[C@H](O[C@H]2[C@H](O[C@@H]3O[C@@H](C)[C@@H](O)[C@@H](O)[C@@H]3O)[C@@H](NC(C)=O)C(O)O[C@@H]2CO)O[C@H](CO)[C@@H](O[C@@H]2O[C@H](CO)[C@@H](O)[C@H](O[C@H]3O[C@H](CO)[C@@H](O)[C@H](O)[C@@H]3O)[C@@H]2O)[C@@H]1O. The van der Waals surface area contributed by atoms with E-state index in [4.69, 9.17) is 42.6 Å². The van der Waals surface area contributed by atoms with E-state index in [0.29, 0.717) is 0 Å². The van der Waals surface area contributed by atoms with Crippen molar-refractivity contribution in [3.05, 3.63) is 0 Å². The fourth-order valence-corrected chi connectivity index (χ4v) is 7.77. The summed E-state index contributed by atoms with van der Waals surface area (Å²) in [4.78, 5) is 24.8. The molecule has 0 radical (unpaired) electrons. The third kappa shape index (κ3) is 10.8. The molecule has 5 saturated heterocycles. The average Bonchev–Trinajstić information content (AvgIpc) is 3.22. The molecule has 27 nitrogen and oxygen atoms in total. The van der Waals surface area contributed by atoms with E-state index >= 15 is 0 Å². The van der Waals surface area contributed by atoms with E-state index < -0.39 is 192 Å². The highest BCUT2D eigenvalue weighted by atomic mass is 16.8. The summed E-state index contributed by atoms with van der Waals surface area (Å²) >= 11 is 0. The van der Waals surface area contributed by atoms with E-state index in [-0.39, 0.29) is 0 Å². The van der Waals surface area contributed by atoms with E-state index in [0.717, 1.165) is 13.8 Å². The minimum atomic E-state index is -2.09. The van der Waals surface area contributed by atoms with E-state index in [1.165, 1.54) is 6.92 Å². The fraction of sp³-hybridized carbons (Fsp3) is 0.941. The lowest BCUT2D eigenvalue weighted by Gasteiger charge is -2.51. The number of carbonyl (C=O) groups excluding carboxylic acids is 2. The normalized spacial score (nSPS) is 49.6. The molecule has 1 unspecified atom stereocenters. The molecule has 0 aromatic carbocycles. The number of carbonyl (C=O) groups is 2. The summed E-state index contributed by atoms with van der Waals surface area (Å²) in [5.41, 5.74) is 0. The lowest BCUT2D eigenvalue weighted by molar-refractivity contribution is -0.384. The maximum atomic E-state index is 12.5. The Bertz CT molecular complexity index is 1420. The van der Waals surface area contributed by atoms with E-state index in [2.05, 4.69) is 10.6 Å². The molecule has 2 amide bonds. The molecule has 5 fully saturated rings. The monoisotopic (exact) mass is 894 g/mol. The zero-order valence-corrected chi connectivity index (χ0v) is 33.0. The molecule has 5 aliphatic heterocycles. The first kappa shape index (κ1) is 50.0. The summed E-state index contributed by atoms with van der Waals surface area (Å²) in [5.74, 6) is -1.54. The zero-order valence-electron chi connectivity index (χ0n) is 33.0. The van der Waals surface area contributed by atoms with Crippen LogP contribution in [0.4, 0.5) is 0 Å². The molecule has 5 heterocycles. The van der Waals surface area contributed by atoms with Crippen LogP contribution < -0.4 is 10.6 Å². The Morgan fingerprint density at radius 3 is 1.41 bits per heavy atom. The van der Waals surface area contributed by atoms with Crippen LogP contribution in [0.25, 0.3) is 0 Å². The molecule has 61 heavy (non-hydrogen) atoms. The van der Waals surface area contributed by atoms with Gasteiger partial charge in [0.2, 0.25) is 11.8 Å². The van der Waals surface area contributed by atoms with Crippen LogP contribution in [-0.2, 0) is 52.2 Å². The predicted octanol–water partition coefficient (Wildman–Crippen LogP) is -10.6. The van der Waals surface area contributed by atoms with Crippen LogP contribution >= 0.6 is 0 Å². The maximum Gasteiger partial charge on any atom is 0.217 e. The molecule has 25 atom stereocenters. The van der Waals surface area contributed by atoms with Crippen LogP contribution in [0, 0.1) is 0 Å². The van der Waals surface area contributed by atoms with Gasteiger partial charge in [0.1, 0.15) is 116 Å². The molecule has 354 valence electrons. The summed E-state index contributed by atoms with van der Waals surface area (Å²) in [6.07, 6.45) is -40.8. The van der Waals surface area contributed by atoms with Crippen molar-refractivity contribution in [2.75, 3.05) is 26.4 Å². The van der Waals surface area contributed by atoms with Crippen molar-refractivity contribution in [2.24, 2.45) is 0 Å². The van der Waals surface area contributed by atoms with Crippen LogP contribution in [0.3, 0.4) is 0 Å². The first-order valence-electron chi connectivity index (χ1n) is 19.5. The molecule has 0 bridgehead atoms. The average molecular weight is 895 g/mol. The Hall–Kier alpha value is -1.98. The number of aliphatic hydroxyl groups excluding tert-OH is 14. The lowest BCUT2D eigenvalue weighted by atomic mass is 9.93. The zero-order chi connectivity index (χ0) is 45.2. The molecular formula is C34H58N2O25.